The molecule has 1 heterocycles. The highest BCUT2D eigenvalue weighted by atomic mass is 79.9. The largest absolute Gasteiger partial charge is 0.408 e. The van der Waals surface area contributed by atoms with Crippen molar-refractivity contribution in [2.45, 2.75) is 12.2 Å². The molecule has 0 aliphatic heterocycles. The molecule has 0 fully saturated rings. The van der Waals surface area contributed by atoms with Gasteiger partial charge < -0.3 is 5.73 Å². The van der Waals surface area contributed by atoms with Gasteiger partial charge in [0.25, 0.3) is 0 Å². The van der Waals surface area contributed by atoms with Gasteiger partial charge in [-0.05, 0) is 22.0 Å². The van der Waals surface area contributed by atoms with Gasteiger partial charge >= 0.3 is 6.18 Å². The summed E-state index contributed by atoms with van der Waals surface area (Å²) in [5.74, 6) is 0. The van der Waals surface area contributed by atoms with Crippen molar-refractivity contribution >= 4 is 38.9 Å². The fraction of sp³-hybridized carbons (Fsp3) is 0.333. The van der Waals surface area contributed by atoms with Gasteiger partial charge in [-0.15, -0.1) is 11.3 Å². The highest BCUT2D eigenvalue weighted by molar-refractivity contribution is 9.11. The maximum Gasteiger partial charge on any atom is 0.408 e. The Morgan fingerprint density at radius 2 is 2.08 bits per heavy atom. The molecule has 1 aromatic rings. The topological polar surface area (TPSA) is 26.0 Å². The Morgan fingerprint density at radius 1 is 1.54 bits per heavy atom. The number of alkyl halides is 3. The summed E-state index contributed by atoms with van der Waals surface area (Å²) in [5, 5.41) is 0.250. The van der Waals surface area contributed by atoms with Crippen molar-refractivity contribution in [2.24, 2.45) is 5.73 Å². The quantitative estimate of drug-likeness (QED) is 0.839. The summed E-state index contributed by atoms with van der Waals surface area (Å²) in [5.41, 5.74) is 4.96. The molecule has 0 bridgehead atoms. The lowest BCUT2D eigenvalue weighted by molar-refractivity contribution is -0.148. The molecular formula is C6H4BrClF3NS. The summed E-state index contributed by atoms with van der Waals surface area (Å²) in [6.07, 6.45) is -4.42. The van der Waals surface area contributed by atoms with Gasteiger partial charge in [-0.25, -0.2) is 0 Å². The van der Waals surface area contributed by atoms with Crippen LogP contribution in [0, 0.1) is 0 Å². The minimum atomic E-state index is -4.42. The van der Waals surface area contributed by atoms with Gasteiger partial charge in [-0.2, -0.15) is 13.2 Å². The van der Waals surface area contributed by atoms with Crippen LogP contribution in [0.2, 0.25) is 5.02 Å². The van der Waals surface area contributed by atoms with Gasteiger partial charge in [0.05, 0.1) is 8.81 Å². The van der Waals surface area contributed by atoms with Crippen LogP contribution in [0.3, 0.4) is 0 Å². The van der Waals surface area contributed by atoms with Crippen LogP contribution in [0.25, 0.3) is 0 Å². The third-order valence-electron chi connectivity index (χ3n) is 1.32. The number of halogens is 5. The van der Waals surface area contributed by atoms with Crippen LogP contribution in [-0.4, -0.2) is 6.18 Å². The number of thiophene rings is 1. The van der Waals surface area contributed by atoms with Crippen LogP contribution in [0.1, 0.15) is 10.9 Å². The fourth-order valence-electron chi connectivity index (χ4n) is 0.678. The average Bonchev–Trinajstić information content (AvgIpc) is 2.29. The molecule has 2 N–H and O–H groups in total. The molecule has 0 aromatic carbocycles. The van der Waals surface area contributed by atoms with Gasteiger partial charge in [-0.1, -0.05) is 11.6 Å². The fourth-order valence-corrected chi connectivity index (χ4v) is 2.45. The minimum absolute atomic E-state index is 0.00405. The van der Waals surface area contributed by atoms with E-state index in [0.717, 1.165) is 11.3 Å². The van der Waals surface area contributed by atoms with Crippen LogP contribution in [0.4, 0.5) is 13.2 Å². The van der Waals surface area contributed by atoms with Crippen molar-refractivity contribution in [2.75, 3.05) is 0 Å². The second kappa shape index (κ2) is 3.76. The molecule has 1 unspecified atom stereocenters. The molecule has 1 rings (SSSR count). The van der Waals surface area contributed by atoms with E-state index in [9.17, 15) is 13.2 Å². The molecule has 74 valence electrons. The molecule has 0 saturated carbocycles. The molecule has 1 nitrogen and oxygen atoms in total. The molecule has 7 heteroatoms. The van der Waals surface area contributed by atoms with Crippen LogP contribution < -0.4 is 5.73 Å². The highest BCUT2D eigenvalue weighted by Gasteiger charge is 2.39. The third kappa shape index (κ3) is 2.59. The first-order valence-electron chi connectivity index (χ1n) is 3.09. The van der Waals surface area contributed by atoms with Gasteiger partial charge in [0.15, 0.2) is 0 Å². The van der Waals surface area contributed by atoms with Crippen molar-refractivity contribution < 1.29 is 13.2 Å². The Labute approximate surface area is 89.8 Å². The number of rotatable bonds is 1. The minimum Gasteiger partial charge on any atom is -0.316 e. The van der Waals surface area contributed by atoms with Crippen molar-refractivity contribution in [3.05, 3.63) is 19.8 Å². The zero-order valence-corrected chi connectivity index (χ0v) is 9.19. The molecule has 1 aromatic heterocycles. The summed E-state index contributed by atoms with van der Waals surface area (Å²) >= 11 is 9.47. The van der Waals surface area contributed by atoms with Crippen molar-refractivity contribution in [3.8, 4) is 0 Å². The second-order valence-corrected chi connectivity index (χ2v) is 5.10. The lowest BCUT2D eigenvalue weighted by Gasteiger charge is -2.12. The van der Waals surface area contributed by atoms with Crippen molar-refractivity contribution in [1.29, 1.82) is 0 Å². The number of nitrogens with two attached hydrogens (primary N) is 1. The summed E-state index contributed by atoms with van der Waals surface area (Å²) in [7, 11) is 0. The lowest BCUT2D eigenvalue weighted by Crippen LogP contribution is -2.27. The van der Waals surface area contributed by atoms with E-state index in [1.807, 2.05) is 0 Å². The van der Waals surface area contributed by atoms with Crippen LogP contribution in [0.15, 0.2) is 9.85 Å². The normalized spacial score (nSPS) is 14.6. The van der Waals surface area contributed by atoms with E-state index in [4.69, 9.17) is 17.3 Å². The molecular weight excluding hydrogens is 290 g/mol. The first-order chi connectivity index (χ1) is 5.82. The van der Waals surface area contributed by atoms with E-state index in [1.165, 1.54) is 6.07 Å². The predicted octanol–water partition coefficient (Wildman–Crippen LogP) is 3.73. The zero-order chi connectivity index (χ0) is 10.2. The van der Waals surface area contributed by atoms with E-state index >= 15 is 0 Å². The van der Waals surface area contributed by atoms with Crippen LogP contribution in [-0.2, 0) is 0 Å². The van der Waals surface area contributed by atoms with Gasteiger partial charge in [0.2, 0.25) is 0 Å². The monoisotopic (exact) mass is 293 g/mol. The number of hydrogen-bond donors (Lipinski definition) is 1. The molecule has 1 atom stereocenters. The second-order valence-electron chi connectivity index (χ2n) is 2.29. The molecule has 0 spiro atoms. The van der Waals surface area contributed by atoms with Gasteiger partial charge in [0, 0.05) is 4.88 Å². The maximum atomic E-state index is 12.1. The Hall–Kier alpha value is 0.220. The molecule has 0 amide bonds. The summed E-state index contributed by atoms with van der Waals surface area (Å²) < 4.78 is 36.8. The summed E-state index contributed by atoms with van der Waals surface area (Å²) in [6, 6.07) is -0.740. The number of hydrogen-bond acceptors (Lipinski definition) is 2. The Balaban J connectivity index is 2.96. The van der Waals surface area contributed by atoms with Crippen LogP contribution in [0.5, 0.6) is 0 Å². The Kier molecular flexibility index (Phi) is 3.27. The Bertz CT molecular complexity index is 292. The molecule has 13 heavy (non-hydrogen) atoms. The van der Waals surface area contributed by atoms with E-state index < -0.39 is 12.2 Å². The van der Waals surface area contributed by atoms with Crippen molar-refractivity contribution in [1.82, 2.24) is 0 Å². The SMILES string of the molecule is NC(c1cc(Cl)c(Br)s1)C(F)(F)F. The summed E-state index contributed by atoms with van der Waals surface area (Å²) in [4.78, 5) is 0.00405. The first kappa shape index (κ1) is 11.3. The first-order valence-corrected chi connectivity index (χ1v) is 5.08. The molecule has 0 aliphatic rings. The predicted molar refractivity (Wildman–Crippen MR) is 50.0 cm³/mol. The maximum absolute atomic E-state index is 12.1. The van der Waals surface area contributed by atoms with E-state index in [-0.39, 0.29) is 9.90 Å². The average molecular weight is 295 g/mol. The Morgan fingerprint density at radius 3 is 2.38 bits per heavy atom. The zero-order valence-electron chi connectivity index (χ0n) is 6.03. The standard InChI is InChI=1S/C6H4BrClF3NS/c7-5-2(8)1-3(13-5)4(12)6(9,10)11/h1,4H,12H2. The van der Waals surface area contributed by atoms with Gasteiger partial charge in [-0.3, -0.25) is 0 Å². The smallest absolute Gasteiger partial charge is 0.316 e. The van der Waals surface area contributed by atoms with E-state index in [1.54, 1.807) is 0 Å². The van der Waals surface area contributed by atoms with E-state index in [2.05, 4.69) is 15.9 Å². The molecule has 0 radical (unpaired) electrons. The van der Waals surface area contributed by atoms with Crippen LogP contribution >= 0.6 is 38.9 Å². The van der Waals surface area contributed by atoms with E-state index in [0.29, 0.717) is 3.79 Å². The van der Waals surface area contributed by atoms with Gasteiger partial charge in [0.1, 0.15) is 6.04 Å². The lowest BCUT2D eigenvalue weighted by atomic mass is 10.2. The summed E-state index contributed by atoms with van der Waals surface area (Å²) in [6.45, 7) is 0. The molecule has 0 saturated heterocycles. The molecule has 0 aliphatic carbocycles. The highest BCUT2D eigenvalue weighted by Crippen LogP contribution is 2.39. The third-order valence-corrected chi connectivity index (χ3v) is 3.88. The van der Waals surface area contributed by atoms with Crippen molar-refractivity contribution in [3.63, 3.8) is 0 Å².